The Hall–Kier alpha value is -1.40. The molecule has 0 radical (unpaired) electrons. The summed E-state index contributed by atoms with van der Waals surface area (Å²) in [4.78, 5) is 19.3. The third-order valence-electron chi connectivity index (χ3n) is 3.37. The first kappa shape index (κ1) is 14.0. The van der Waals surface area contributed by atoms with E-state index in [2.05, 4.69) is 20.6 Å². The first-order valence-corrected chi connectivity index (χ1v) is 6.82. The van der Waals surface area contributed by atoms with Gasteiger partial charge < -0.3 is 15.0 Å². The van der Waals surface area contributed by atoms with Gasteiger partial charge >= 0.3 is 0 Å². The number of rotatable bonds is 7. The van der Waals surface area contributed by atoms with Crippen LogP contribution in [0, 0.1) is 0 Å². The zero-order chi connectivity index (χ0) is 13.5. The molecule has 6 heteroatoms. The van der Waals surface area contributed by atoms with E-state index in [0.29, 0.717) is 13.0 Å². The fraction of sp³-hybridized carbons (Fsp3) is 0.692. The van der Waals surface area contributed by atoms with E-state index in [4.69, 9.17) is 4.74 Å². The second-order valence-corrected chi connectivity index (χ2v) is 4.81. The van der Waals surface area contributed by atoms with E-state index in [-0.39, 0.29) is 11.9 Å². The van der Waals surface area contributed by atoms with Gasteiger partial charge in [0.25, 0.3) is 0 Å². The van der Waals surface area contributed by atoms with Crippen molar-refractivity contribution in [3.63, 3.8) is 0 Å². The summed E-state index contributed by atoms with van der Waals surface area (Å²) in [6, 6.07) is -0.158. The molecule has 1 unspecified atom stereocenters. The van der Waals surface area contributed by atoms with Gasteiger partial charge in [0.2, 0.25) is 5.91 Å². The lowest BCUT2D eigenvalue weighted by molar-refractivity contribution is -0.123. The van der Waals surface area contributed by atoms with Crippen LogP contribution in [0.3, 0.4) is 0 Å². The lowest BCUT2D eigenvalue weighted by Gasteiger charge is -2.22. The van der Waals surface area contributed by atoms with Crippen LogP contribution in [0.25, 0.3) is 0 Å². The highest BCUT2D eigenvalue weighted by Gasteiger charge is 2.25. The first-order valence-electron chi connectivity index (χ1n) is 6.82. The number of unbranched alkanes of at least 4 members (excludes halogenated alkanes) is 2. The fourth-order valence-corrected chi connectivity index (χ4v) is 2.24. The van der Waals surface area contributed by atoms with Crippen LogP contribution in [0.5, 0.6) is 0 Å². The number of carbonyl (C=O) groups excluding carboxylic acids is 1. The SMILES string of the molecule is COCCCCCNC(=O)C1Cc2nc[nH]c2CN1. The number of aromatic nitrogens is 2. The zero-order valence-electron chi connectivity index (χ0n) is 11.4. The van der Waals surface area contributed by atoms with Crippen molar-refractivity contribution in [3.8, 4) is 0 Å². The molecule has 0 fully saturated rings. The normalized spacial score (nSPS) is 18.1. The molecule has 3 N–H and O–H groups in total. The maximum absolute atomic E-state index is 12.0. The molecule has 2 rings (SSSR count). The summed E-state index contributed by atoms with van der Waals surface area (Å²) in [5, 5.41) is 6.19. The van der Waals surface area contributed by atoms with Gasteiger partial charge in [-0.05, 0) is 19.3 Å². The van der Waals surface area contributed by atoms with Gasteiger partial charge in [0, 0.05) is 33.2 Å². The Balaban J connectivity index is 1.64. The Bertz CT molecular complexity index is 405. The molecule has 2 heterocycles. The molecule has 0 aliphatic carbocycles. The lowest BCUT2D eigenvalue weighted by Crippen LogP contribution is -2.47. The number of carbonyl (C=O) groups is 1. The summed E-state index contributed by atoms with van der Waals surface area (Å²) in [6.45, 7) is 2.20. The van der Waals surface area contributed by atoms with Crippen LogP contribution in [-0.2, 0) is 22.5 Å². The monoisotopic (exact) mass is 266 g/mol. The maximum atomic E-state index is 12.0. The minimum atomic E-state index is -0.158. The predicted molar refractivity (Wildman–Crippen MR) is 71.7 cm³/mol. The van der Waals surface area contributed by atoms with E-state index in [1.54, 1.807) is 13.4 Å². The molecule has 1 aliphatic rings. The maximum Gasteiger partial charge on any atom is 0.237 e. The van der Waals surface area contributed by atoms with Crippen LogP contribution in [0.4, 0.5) is 0 Å². The van der Waals surface area contributed by atoms with Crippen molar-refractivity contribution in [2.24, 2.45) is 0 Å². The molecule has 1 aliphatic heterocycles. The van der Waals surface area contributed by atoms with Crippen molar-refractivity contribution in [3.05, 3.63) is 17.7 Å². The molecule has 106 valence electrons. The van der Waals surface area contributed by atoms with E-state index in [0.717, 1.165) is 43.8 Å². The quantitative estimate of drug-likeness (QED) is 0.623. The van der Waals surface area contributed by atoms with E-state index < -0.39 is 0 Å². The fourth-order valence-electron chi connectivity index (χ4n) is 2.24. The third-order valence-corrected chi connectivity index (χ3v) is 3.37. The van der Waals surface area contributed by atoms with Crippen molar-refractivity contribution in [1.29, 1.82) is 0 Å². The first-order chi connectivity index (χ1) is 9.31. The summed E-state index contributed by atoms with van der Waals surface area (Å²) < 4.78 is 4.98. The van der Waals surface area contributed by atoms with Gasteiger partial charge in [-0.15, -0.1) is 0 Å². The standard InChI is InChI=1S/C13H22N4O2/c1-19-6-4-2-3-5-14-13(18)11-7-10-12(8-15-11)17-9-16-10/h9,11,15H,2-8H2,1H3,(H,14,18)(H,16,17). The molecule has 1 atom stereocenters. The Labute approximate surface area is 113 Å². The molecule has 1 aromatic rings. The number of ether oxygens (including phenoxy) is 1. The number of nitrogens with zero attached hydrogens (tertiary/aromatic N) is 1. The van der Waals surface area contributed by atoms with Crippen molar-refractivity contribution in [2.45, 2.75) is 38.3 Å². The van der Waals surface area contributed by atoms with E-state index >= 15 is 0 Å². The van der Waals surface area contributed by atoms with Crippen LogP contribution in [0.2, 0.25) is 0 Å². The second kappa shape index (κ2) is 7.25. The number of amides is 1. The van der Waals surface area contributed by atoms with Crippen LogP contribution in [-0.4, -0.2) is 42.2 Å². The Kier molecular flexibility index (Phi) is 5.35. The van der Waals surface area contributed by atoms with Crippen LogP contribution in [0.1, 0.15) is 30.7 Å². The summed E-state index contributed by atoms with van der Waals surface area (Å²) in [7, 11) is 1.71. The van der Waals surface area contributed by atoms with Gasteiger partial charge in [0.1, 0.15) is 0 Å². The van der Waals surface area contributed by atoms with Crippen LogP contribution < -0.4 is 10.6 Å². The number of aromatic amines is 1. The third kappa shape index (κ3) is 4.04. The Morgan fingerprint density at radius 1 is 1.53 bits per heavy atom. The van der Waals surface area contributed by atoms with Gasteiger partial charge in [0.15, 0.2) is 0 Å². The van der Waals surface area contributed by atoms with Gasteiger partial charge in [0.05, 0.1) is 23.8 Å². The molecule has 1 aromatic heterocycles. The summed E-state index contributed by atoms with van der Waals surface area (Å²) in [6.07, 6.45) is 5.46. The van der Waals surface area contributed by atoms with Crippen molar-refractivity contribution in [2.75, 3.05) is 20.3 Å². The number of H-pyrrole nitrogens is 1. The number of hydrogen-bond donors (Lipinski definition) is 3. The highest BCUT2D eigenvalue weighted by Crippen LogP contribution is 2.12. The van der Waals surface area contributed by atoms with E-state index in [1.165, 1.54) is 0 Å². The van der Waals surface area contributed by atoms with Crippen molar-refractivity contribution >= 4 is 5.91 Å². The molecule has 0 bridgehead atoms. The van der Waals surface area contributed by atoms with Gasteiger partial charge in [-0.3, -0.25) is 10.1 Å². The molecular formula is C13H22N4O2. The number of nitrogens with one attached hydrogen (secondary N) is 3. The topological polar surface area (TPSA) is 79.0 Å². The highest BCUT2D eigenvalue weighted by molar-refractivity contribution is 5.82. The molecule has 19 heavy (non-hydrogen) atoms. The lowest BCUT2D eigenvalue weighted by atomic mass is 10.0. The van der Waals surface area contributed by atoms with Crippen molar-refractivity contribution < 1.29 is 9.53 Å². The number of hydrogen-bond acceptors (Lipinski definition) is 4. The molecule has 0 spiro atoms. The van der Waals surface area contributed by atoms with E-state index in [9.17, 15) is 4.79 Å². The molecule has 0 saturated heterocycles. The minimum absolute atomic E-state index is 0.0698. The highest BCUT2D eigenvalue weighted by atomic mass is 16.5. The van der Waals surface area contributed by atoms with Crippen LogP contribution in [0.15, 0.2) is 6.33 Å². The number of methoxy groups -OCH3 is 1. The molecule has 6 nitrogen and oxygen atoms in total. The Morgan fingerprint density at radius 2 is 2.42 bits per heavy atom. The Morgan fingerprint density at radius 3 is 3.26 bits per heavy atom. The molecule has 1 amide bonds. The predicted octanol–water partition coefficient (Wildman–Crippen LogP) is 0.357. The summed E-state index contributed by atoms with van der Waals surface area (Å²) in [5.74, 6) is 0.0698. The summed E-state index contributed by atoms with van der Waals surface area (Å²) in [5.41, 5.74) is 2.09. The number of fused-ring (bicyclic) bond motifs is 1. The molecular weight excluding hydrogens is 244 g/mol. The molecule has 0 aromatic carbocycles. The van der Waals surface area contributed by atoms with Gasteiger partial charge in [-0.2, -0.15) is 0 Å². The average molecular weight is 266 g/mol. The van der Waals surface area contributed by atoms with Crippen molar-refractivity contribution in [1.82, 2.24) is 20.6 Å². The van der Waals surface area contributed by atoms with Gasteiger partial charge in [-0.1, -0.05) is 0 Å². The van der Waals surface area contributed by atoms with Gasteiger partial charge in [-0.25, -0.2) is 4.98 Å². The van der Waals surface area contributed by atoms with Crippen LogP contribution >= 0.6 is 0 Å². The largest absolute Gasteiger partial charge is 0.385 e. The number of imidazole rings is 1. The van der Waals surface area contributed by atoms with E-state index in [1.807, 2.05) is 0 Å². The molecule has 0 saturated carbocycles. The minimum Gasteiger partial charge on any atom is -0.385 e. The average Bonchev–Trinajstić information content (AvgIpc) is 2.89. The second-order valence-electron chi connectivity index (χ2n) is 4.81. The smallest absolute Gasteiger partial charge is 0.237 e. The summed E-state index contributed by atoms with van der Waals surface area (Å²) >= 11 is 0. The zero-order valence-corrected chi connectivity index (χ0v) is 11.4.